The lowest BCUT2D eigenvalue weighted by Gasteiger charge is -2.32. The van der Waals surface area contributed by atoms with Crippen molar-refractivity contribution >= 4 is 17.2 Å². The summed E-state index contributed by atoms with van der Waals surface area (Å²) in [7, 11) is 0. The molecule has 1 aliphatic rings. The highest BCUT2D eigenvalue weighted by atomic mass is 32.1. The van der Waals surface area contributed by atoms with Crippen molar-refractivity contribution in [3.63, 3.8) is 0 Å². The first-order valence-electron chi connectivity index (χ1n) is 8.98. The van der Waals surface area contributed by atoms with Gasteiger partial charge < -0.3 is 4.90 Å². The second kappa shape index (κ2) is 7.41. The van der Waals surface area contributed by atoms with E-state index in [4.69, 9.17) is 0 Å². The maximum atomic E-state index is 12.7. The number of nitrogens with one attached hydrogen (secondary N) is 1. The van der Waals surface area contributed by atoms with Crippen LogP contribution >= 0.6 is 11.3 Å². The third kappa shape index (κ3) is 3.55. The Morgan fingerprint density at radius 1 is 1.35 bits per heavy atom. The number of H-pyrrole nitrogens is 1. The Hall–Kier alpha value is -2.47. The SMILES string of the molecule is Cc1nc(CC(=O)N2CCCC(c3[nH]ncc3-c3ccccc3)C2)cs1. The van der Waals surface area contributed by atoms with Gasteiger partial charge in [0.25, 0.3) is 0 Å². The molecule has 0 saturated carbocycles. The van der Waals surface area contributed by atoms with E-state index in [1.165, 1.54) is 0 Å². The molecule has 1 N–H and O–H groups in total. The fourth-order valence-corrected chi connectivity index (χ4v) is 4.26. The number of hydrogen-bond donors (Lipinski definition) is 1. The zero-order valence-electron chi connectivity index (χ0n) is 14.8. The summed E-state index contributed by atoms with van der Waals surface area (Å²) in [6.45, 7) is 3.54. The van der Waals surface area contributed by atoms with Crippen LogP contribution in [-0.4, -0.2) is 39.1 Å². The van der Waals surface area contributed by atoms with Gasteiger partial charge in [-0.2, -0.15) is 5.10 Å². The number of amides is 1. The number of aromatic nitrogens is 3. The van der Waals surface area contributed by atoms with Gasteiger partial charge in [0.15, 0.2) is 0 Å². The number of hydrogen-bond acceptors (Lipinski definition) is 4. The van der Waals surface area contributed by atoms with E-state index in [2.05, 4.69) is 27.3 Å². The van der Waals surface area contributed by atoms with Gasteiger partial charge in [-0.15, -0.1) is 11.3 Å². The number of aromatic amines is 1. The molecule has 3 heterocycles. The van der Waals surface area contributed by atoms with Crippen LogP contribution in [0.5, 0.6) is 0 Å². The lowest BCUT2D eigenvalue weighted by Crippen LogP contribution is -2.40. The van der Waals surface area contributed by atoms with Crippen LogP contribution in [-0.2, 0) is 11.2 Å². The minimum Gasteiger partial charge on any atom is -0.342 e. The summed E-state index contributed by atoms with van der Waals surface area (Å²) >= 11 is 1.60. The number of carbonyl (C=O) groups excluding carboxylic acids is 1. The van der Waals surface area contributed by atoms with E-state index in [0.29, 0.717) is 12.3 Å². The number of benzene rings is 1. The van der Waals surface area contributed by atoms with E-state index >= 15 is 0 Å². The Kier molecular flexibility index (Phi) is 4.84. The number of aryl methyl sites for hydroxylation is 1. The fourth-order valence-electron chi connectivity index (χ4n) is 3.65. The second-order valence-electron chi connectivity index (χ2n) is 6.78. The molecule has 0 spiro atoms. The standard InChI is InChI=1S/C20H22N4OS/c1-14-22-17(13-26-14)10-19(25)24-9-5-8-16(12-24)20-18(11-21-23-20)15-6-3-2-4-7-15/h2-4,6-7,11,13,16H,5,8-10,12H2,1H3,(H,21,23). The van der Waals surface area contributed by atoms with Crippen molar-refractivity contribution in [1.82, 2.24) is 20.1 Å². The quantitative estimate of drug-likeness (QED) is 0.764. The number of carbonyl (C=O) groups is 1. The van der Waals surface area contributed by atoms with Crippen molar-refractivity contribution < 1.29 is 4.79 Å². The number of likely N-dealkylation sites (tertiary alicyclic amines) is 1. The highest BCUT2D eigenvalue weighted by Crippen LogP contribution is 2.33. The number of rotatable bonds is 4. The predicted octanol–water partition coefficient (Wildman–Crippen LogP) is 3.79. The monoisotopic (exact) mass is 366 g/mol. The van der Waals surface area contributed by atoms with Gasteiger partial charge in [0.05, 0.1) is 23.3 Å². The van der Waals surface area contributed by atoms with Crippen molar-refractivity contribution in [3.05, 3.63) is 58.3 Å². The predicted molar refractivity (Wildman–Crippen MR) is 103 cm³/mol. The lowest BCUT2D eigenvalue weighted by molar-refractivity contribution is -0.131. The molecule has 3 aromatic rings. The highest BCUT2D eigenvalue weighted by molar-refractivity contribution is 7.09. The Morgan fingerprint density at radius 3 is 2.96 bits per heavy atom. The third-order valence-corrected chi connectivity index (χ3v) is 5.76. The molecule has 1 amide bonds. The van der Waals surface area contributed by atoms with Gasteiger partial charge in [0.1, 0.15) is 0 Å². The molecule has 1 atom stereocenters. The van der Waals surface area contributed by atoms with Crippen LogP contribution in [0.25, 0.3) is 11.1 Å². The van der Waals surface area contributed by atoms with Crippen LogP contribution in [0.3, 0.4) is 0 Å². The number of piperidine rings is 1. The van der Waals surface area contributed by atoms with E-state index in [1.807, 2.05) is 41.6 Å². The average Bonchev–Trinajstić information content (AvgIpc) is 3.32. The minimum atomic E-state index is 0.167. The van der Waals surface area contributed by atoms with Crippen molar-refractivity contribution in [2.75, 3.05) is 13.1 Å². The maximum Gasteiger partial charge on any atom is 0.228 e. The van der Waals surface area contributed by atoms with Crippen LogP contribution in [0.15, 0.2) is 41.9 Å². The van der Waals surface area contributed by atoms with Crippen LogP contribution < -0.4 is 0 Å². The van der Waals surface area contributed by atoms with E-state index in [-0.39, 0.29) is 5.91 Å². The summed E-state index contributed by atoms with van der Waals surface area (Å²) in [6, 6.07) is 10.3. The van der Waals surface area contributed by atoms with Crippen LogP contribution in [0.1, 0.15) is 35.2 Å². The minimum absolute atomic E-state index is 0.167. The molecule has 134 valence electrons. The zero-order chi connectivity index (χ0) is 17.9. The summed E-state index contributed by atoms with van der Waals surface area (Å²) in [5.74, 6) is 0.461. The Balaban J connectivity index is 1.49. The van der Waals surface area contributed by atoms with Crippen molar-refractivity contribution in [2.45, 2.75) is 32.1 Å². The second-order valence-corrected chi connectivity index (χ2v) is 7.84. The first-order valence-corrected chi connectivity index (χ1v) is 9.86. The van der Waals surface area contributed by atoms with Crippen molar-refractivity contribution in [2.24, 2.45) is 0 Å². The molecular weight excluding hydrogens is 344 g/mol. The lowest BCUT2D eigenvalue weighted by atomic mass is 9.90. The van der Waals surface area contributed by atoms with Crippen LogP contribution in [0, 0.1) is 6.92 Å². The molecule has 1 unspecified atom stereocenters. The summed E-state index contributed by atoms with van der Waals surface area (Å²) in [4.78, 5) is 19.1. The summed E-state index contributed by atoms with van der Waals surface area (Å²) in [6.07, 6.45) is 4.37. The summed E-state index contributed by atoms with van der Waals surface area (Å²) in [5.41, 5.74) is 4.32. The molecule has 1 aliphatic heterocycles. The van der Waals surface area contributed by atoms with Gasteiger partial charge in [0, 0.05) is 35.6 Å². The molecule has 6 heteroatoms. The summed E-state index contributed by atoms with van der Waals surface area (Å²) < 4.78 is 0. The first-order chi connectivity index (χ1) is 12.7. The molecule has 2 aromatic heterocycles. The van der Waals surface area contributed by atoms with Gasteiger partial charge >= 0.3 is 0 Å². The molecule has 1 saturated heterocycles. The van der Waals surface area contributed by atoms with Crippen molar-refractivity contribution in [1.29, 1.82) is 0 Å². The molecule has 0 aliphatic carbocycles. The van der Waals surface area contributed by atoms with Crippen LogP contribution in [0.2, 0.25) is 0 Å². The molecule has 4 rings (SSSR count). The highest BCUT2D eigenvalue weighted by Gasteiger charge is 2.27. The van der Waals surface area contributed by atoms with Gasteiger partial charge in [-0.25, -0.2) is 4.98 Å². The molecule has 26 heavy (non-hydrogen) atoms. The average molecular weight is 366 g/mol. The molecule has 0 bridgehead atoms. The first kappa shape index (κ1) is 17.0. The normalized spacial score (nSPS) is 17.4. The number of thiazole rings is 1. The largest absolute Gasteiger partial charge is 0.342 e. The smallest absolute Gasteiger partial charge is 0.228 e. The Bertz CT molecular complexity index is 886. The van der Waals surface area contributed by atoms with Gasteiger partial charge in [-0.05, 0) is 25.3 Å². The van der Waals surface area contributed by atoms with E-state index < -0.39 is 0 Å². The van der Waals surface area contributed by atoms with Crippen LogP contribution in [0.4, 0.5) is 0 Å². The van der Waals surface area contributed by atoms with E-state index in [9.17, 15) is 4.79 Å². The fraction of sp³-hybridized carbons (Fsp3) is 0.350. The summed E-state index contributed by atoms with van der Waals surface area (Å²) in [5, 5.41) is 10.5. The van der Waals surface area contributed by atoms with Gasteiger partial charge in [0.2, 0.25) is 5.91 Å². The van der Waals surface area contributed by atoms with Crippen molar-refractivity contribution in [3.8, 4) is 11.1 Å². The molecule has 1 aromatic carbocycles. The van der Waals surface area contributed by atoms with Gasteiger partial charge in [-0.3, -0.25) is 9.89 Å². The zero-order valence-corrected chi connectivity index (χ0v) is 15.6. The molecule has 0 radical (unpaired) electrons. The van der Waals surface area contributed by atoms with E-state index in [0.717, 1.165) is 53.5 Å². The molecule has 1 fully saturated rings. The van der Waals surface area contributed by atoms with Gasteiger partial charge in [-0.1, -0.05) is 30.3 Å². The molecular formula is C20H22N4OS. The third-order valence-electron chi connectivity index (χ3n) is 4.93. The Morgan fingerprint density at radius 2 is 2.19 bits per heavy atom. The maximum absolute atomic E-state index is 12.7. The molecule has 5 nitrogen and oxygen atoms in total. The Labute approximate surface area is 157 Å². The topological polar surface area (TPSA) is 61.9 Å². The number of nitrogens with zero attached hydrogens (tertiary/aromatic N) is 3. The van der Waals surface area contributed by atoms with E-state index in [1.54, 1.807) is 11.3 Å².